The molecule has 0 aliphatic carbocycles. The van der Waals surface area contributed by atoms with Gasteiger partial charge in [0, 0.05) is 45.8 Å². The topological polar surface area (TPSA) is 65.1 Å². The van der Waals surface area contributed by atoms with E-state index in [1.807, 2.05) is 17.0 Å². The minimum Gasteiger partial charge on any atom is -0.496 e. The van der Waals surface area contributed by atoms with Gasteiger partial charge >= 0.3 is 0 Å². The van der Waals surface area contributed by atoms with Crippen molar-refractivity contribution in [3.63, 3.8) is 0 Å². The van der Waals surface area contributed by atoms with Crippen LogP contribution in [0.1, 0.15) is 16.8 Å². The highest BCUT2D eigenvalue weighted by Crippen LogP contribution is 2.19. The number of methoxy groups -OCH3 is 1. The Hall–Kier alpha value is -2.12. The molecule has 142 valence electrons. The van der Waals surface area contributed by atoms with Crippen LogP contribution in [0.25, 0.3) is 0 Å². The lowest BCUT2D eigenvalue weighted by Crippen LogP contribution is -2.51. The minimum absolute atomic E-state index is 0.00798. The van der Waals surface area contributed by atoms with Gasteiger partial charge in [-0.3, -0.25) is 14.5 Å². The predicted octanol–water partition coefficient (Wildman–Crippen LogP) is 0.273. The van der Waals surface area contributed by atoms with Crippen molar-refractivity contribution in [1.82, 2.24) is 20.0 Å². The zero-order chi connectivity index (χ0) is 18.5. The summed E-state index contributed by atoms with van der Waals surface area (Å²) in [5.74, 6) is 0.572. The number of hydrogen-bond donors (Lipinski definition) is 1. The van der Waals surface area contributed by atoms with Gasteiger partial charge in [-0.2, -0.15) is 0 Å². The number of rotatable bonds is 6. The number of nitrogens with one attached hydrogen (secondary N) is 1. The average molecular weight is 360 g/mol. The number of piperazine rings is 1. The maximum absolute atomic E-state index is 12.7. The van der Waals surface area contributed by atoms with Crippen molar-refractivity contribution in [2.24, 2.45) is 0 Å². The number of ether oxygens (including phenoxy) is 1. The zero-order valence-electron chi connectivity index (χ0n) is 15.6. The number of carbonyl (C=O) groups excluding carboxylic acids is 2. The molecule has 1 atom stereocenters. The van der Waals surface area contributed by atoms with E-state index in [4.69, 9.17) is 4.74 Å². The van der Waals surface area contributed by atoms with E-state index >= 15 is 0 Å². The largest absolute Gasteiger partial charge is 0.496 e. The van der Waals surface area contributed by atoms with E-state index in [1.165, 1.54) is 0 Å². The molecule has 0 aromatic heterocycles. The van der Waals surface area contributed by atoms with Gasteiger partial charge in [0.25, 0.3) is 5.91 Å². The Morgan fingerprint density at radius 1 is 1.19 bits per heavy atom. The van der Waals surface area contributed by atoms with Crippen LogP contribution in [0.3, 0.4) is 0 Å². The molecule has 0 spiro atoms. The monoisotopic (exact) mass is 360 g/mol. The molecule has 3 rings (SSSR count). The normalized spacial score (nSPS) is 21.8. The molecular weight excluding hydrogens is 332 g/mol. The molecule has 1 aromatic rings. The SMILES string of the molecule is COc1ccccc1C(=O)NCCN1CCC(N2CCN(C)CC2)C1=O. The number of amides is 2. The first-order valence-corrected chi connectivity index (χ1v) is 9.22. The smallest absolute Gasteiger partial charge is 0.255 e. The maximum Gasteiger partial charge on any atom is 0.255 e. The Labute approximate surface area is 154 Å². The van der Waals surface area contributed by atoms with Crippen LogP contribution in [0, 0.1) is 0 Å². The summed E-state index contributed by atoms with van der Waals surface area (Å²) >= 11 is 0. The van der Waals surface area contributed by atoms with Crippen LogP contribution in [0.15, 0.2) is 24.3 Å². The van der Waals surface area contributed by atoms with Crippen LogP contribution in [0.5, 0.6) is 5.75 Å². The number of para-hydroxylation sites is 1. The van der Waals surface area contributed by atoms with Crippen molar-refractivity contribution in [3.8, 4) is 5.75 Å². The van der Waals surface area contributed by atoms with Gasteiger partial charge in [0.15, 0.2) is 0 Å². The summed E-state index contributed by atoms with van der Waals surface area (Å²) in [5, 5.41) is 2.89. The standard InChI is InChI=1S/C19H28N4O3/c1-21-11-13-22(14-12-21)16-7-9-23(19(16)25)10-8-20-18(24)15-5-3-4-6-17(15)26-2/h3-6,16H,7-14H2,1-2H3,(H,20,24). The molecule has 2 aliphatic heterocycles. The second-order valence-electron chi connectivity index (χ2n) is 6.93. The predicted molar refractivity (Wildman–Crippen MR) is 99.4 cm³/mol. The fraction of sp³-hybridized carbons (Fsp3) is 0.579. The first kappa shape index (κ1) is 18.7. The summed E-state index contributed by atoms with van der Waals surface area (Å²) in [4.78, 5) is 31.4. The highest BCUT2D eigenvalue weighted by atomic mass is 16.5. The highest BCUT2D eigenvalue weighted by Gasteiger charge is 2.36. The van der Waals surface area contributed by atoms with Gasteiger partial charge in [0.1, 0.15) is 5.75 Å². The number of likely N-dealkylation sites (tertiary alicyclic amines) is 1. The Kier molecular flexibility index (Phi) is 6.11. The van der Waals surface area contributed by atoms with Crippen LogP contribution in [-0.2, 0) is 4.79 Å². The molecule has 1 unspecified atom stereocenters. The van der Waals surface area contributed by atoms with Crippen molar-refractivity contribution >= 4 is 11.8 Å². The molecule has 1 N–H and O–H groups in total. The van der Waals surface area contributed by atoms with Gasteiger partial charge in [0.05, 0.1) is 18.7 Å². The first-order valence-electron chi connectivity index (χ1n) is 9.22. The van der Waals surface area contributed by atoms with E-state index < -0.39 is 0 Å². The molecule has 2 fully saturated rings. The molecule has 2 amide bonds. The fourth-order valence-electron chi connectivity index (χ4n) is 3.65. The molecule has 0 bridgehead atoms. The van der Waals surface area contributed by atoms with Crippen molar-refractivity contribution < 1.29 is 14.3 Å². The van der Waals surface area contributed by atoms with Gasteiger partial charge in [0.2, 0.25) is 5.91 Å². The fourth-order valence-corrected chi connectivity index (χ4v) is 3.65. The lowest BCUT2D eigenvalue weighted by molar-refractivity contribution is -0.132. The van der Waals surface area contributed by atoms with Crippen LogP contribution >= 0.6 is 0 Å². The second kappa shape index (κ2) is 8.51. The molecule has 0 radical (unpaired) electrons. The van der Waals surface area contributed by atoms with Gasteiger partial charge in [-0.25, -0.2) is 0 Å². The Bertz CT molecular complexity index is 643. The molecule has 26 heavy (non-hydrogen) atoms. The molecule has 2 saturated heterocycles. The van der Waals surface area contributed by atoms with Crippen LogP contribution in [-0.4, -0.2) is 92.5 Å². The van der Waals surface area contributed by atoms with E-state index in [9.17, 15) is 9.59 Å². The van der Waals surface area contributed by atoms with Gasteiger partial charge < -0.3 is 19.9 Å². The Morgan fingerprint density at radius 3 is 2.65 bits per heavy atom. The van der Waals surface area contributed by atoms with Crippen LogP contribution in [0.4, 0.5) is 0 Å². The summed E-state index contributed by atoms with van der Waals surface area (Å²) in [5.41, 5.74) is 0.512. The molecule has 7 heteroatoms. The van der Waals surface area contributed by atoms with E-state index in [1.54, 1.807) is 19.2 Å². The number of hydrogen-bond acceptors (Lipinski definition) is 5. The third kappa shape index (κ3) is 4.16. The van der Waals surface area contributed by atoms with Gasteiger partial charge in [-0.15, -0.1) is 0 Å². The van der Waals surface area contributed by atoms with Crippen molar-refractivity contribution in [3.05, 3.63) is 29.8 Å². The number of carbonyl (C=O) groups is 2. The van der Waals surface area contributed by atoms with Gasteiger partial charge in [-0.05, 0) is 25.6 Å². The maximum atomic E-state index is 12.7. The van der Waals surface area contributed by atoms with Crippen molar-refractivity contribution in [2.45, 2.75) is 12.5 Å². The van der Waals surface area contributed by atoms with Crippen LogP contribution < -0.4 is 10.1 Å². The summed E-state index contributed by atoms with van der Waals surface area (Å²) in [7, 11) is 3.66. The Balaban J connectivity index is 1.47. The first-order chi connectivity index (χ1) is 12.6. The van der Waals surface area contributed by atoms with Crippen LogP contribution in [0.2, 0.25) is 0 Å². The number of nitrogens with zero attached hydrogens (tertiary/aromatic N) is 3. The second-order valence-corrected chi connectivity index (χ2v) is 6.93. The molecule has 2 aliphatic rings. The third-order valence-corrected chi connectivity index (χ3v) is 5.27. The van der Waals surface area contributed by atoms with Crippen molar-refractivity contribution in [2.75, 3.05) is 60.0 Å². The summed E-state index contributed by atoms with van der Waals surface area (Å²) in [6.07, 6.45) is 0.878. The van der Waals surface area contributed by atoms with E-state index in [-0.39, 0.29) is 17.9 Å². The van der Waals surface area contributed by atoms with E-state index in [0.717, 1.165) is 39.1 Å². The van der Waals surface area contributed by atoms with E-state index in [2.05, 4.69) is 22.2 Å². The lowest BCUT2D eigenvalue weighted by atomic mass is 10.2. The molecule has 1 aromatic carbocycles. The Morgan fingerprint density at radius 2 is 1.92 bits per heavy atom. The third-order valence-electron chi connectivity index (χ3n) is 5.27. The lowest BCUT2D eigenvalue weighted by Gasteiger charge is -2.35. The highest BCUT2D eigenvalue weighted by molar-refractivity contribution is 5.96. The minimum atomic E-state index is -0.176. The molecular formula is C19H28N4O3. The molecule has 0 saturated carbocycles. The summed E-state index contributed by atoms with van der Waals surface area (Å²) in [6.45, 7) is 5.68. The van der Waals surface area contributed by atoms with E-state index in [0.29, 0.717) is 24.4 Å². The summed E-state index contributed by atoms with van der Waals surface area (Å²) < 4.78 is 5.22. The molecule has 7 nitrogen and oxygen atoms in total. The number of likely N-dealkylation sites (N-methyl/N-ethyl adjacent to an activating group) is 1. The van der Waals surface area contributed by atoms with Crippen molar-refractivity contribution in [1.29, 1.82) is 0 Å². The zero-order valence-corrected chi connectivity index (χ0v) is 15.6. The quantitative estimate of drug-likeness (QED) is 0.789. The number of benzene rings is 1. The van der Waals surface area contributed by atoms with Gasteiger partial charge in [-0.1, -0.05) is 12.1 Å². The molecule has 2 heterocycles. The average Bonchev–Trinajstić information content (AvgIpc) is 3.03. The summed E-state index contributed by atoms with van der Waals surface area (Å²) in [6, 6.07) is 7.14.